The molecule has 0 saturated heterocycles. The smallest absolute Gasteiger partial charge is 0.175 e. The lowest BCUT2D eigenvalue weighted by Gasteiger charge is -2.09. The Balaban J connectivity index is 1.90. The van der Waals surface area contributed by atoms with Gasteiger partial charge in [0.2, 0.25) is 0 Å². The van der Waals surface area contributed by atoms with E-state index in [1.165, 1.54) is 12.1 Å². The van der Waals surface area contributed by atoms with Crippen molar-refractivity contribution in [2.45, 2.75) is 17.9 Å². The number of rotatable bonds is 6. The second-order valence-electron chi connectivity index (χ2n) is 4.49. The van der Waals surface area contributed by atoms with E-state index in [4.69, 9.17) is 0 Å². The van der Waals surface area contributed by atoms with E-state index in [1.54, 1.807) is 12.5 Å². The average molecular weight is 297 g/mol. The normalized spacial score (nSPS) is 11.5. The van der Waals surface area contributed by atoms with E-state index < -0.39 is 15.7 Å². The Labute approximate surface area is 117 Å². The topological polar surface area (TPSA) is 64.0 Å². The van der Waals surface area contributed by atoms with Gasteiger partial charge in [-0.05, 0) is 24.6 Å². The van der Waals surface area contributed by atoms with Crippen LogP contribution in [0.2, 0.25) is 0 Å². The van der Waals surface area contributed by atoms with E-state index in [9.17, 15) is 12.8 Å². The molecule has 1 N–H and O–H groups in total. The fraction of sp³-hybridized carbons (Fsp3) is 0.308. The van der Waals surface area contributed by atoms with Crippen LogP contribution >= 0.6 is 0 Å². The van der Waals surface area contributed by atoms with Gasteiger partial charge in [-0.1, -0.05) is 0 Å². The Morgan fingerprint density at radius 1 is 1.40 bits per heavy atom. The number of aryl methyl sites for hydroxylation is 1. The third-order valence-corrected chi connectivity index (χ3v) is 3.95. The third-order valence-electron chi connectivity index (χ3n) is 2.84. The molecule has 2 aromatic rings. The Morgan fingerprint density at radius 3 is 2.80 bits per heavy atom. The number of sulfone groups is 1. The molecule has 1 aromatic carbocycles. The van der Waals surface area contributed by atoms with E-state index in [0.717, 1.165) is 25.3 Å². The molecule has 7 heteroatoms. The lowest BCUT2D eigenvalue weighted by molar-refractivity contribution is 0.596. The number of hydrogen-bond donors (Lipinski definition) is 1. The summed E-state index contributed by atoms with van der Waals surface area (Å²) in [6.07, 6.45) is 7.16. The van der Waals surface area contributed by atoms with Crippen LogP contribution < -0.4 is 5.32 Å². The van der Waals surface area contributed by atoms with Crippen LogP contribution in [0.3, 0.4) is 0 Å². The van der Waals surface area contributed by atoms with E-state index in [0.29, 0.717) is 12.2 Å². The number of halogens is 1. The van der Waals surface area contributed by atoms with Crippen LogP contribution in [0, 0.1) is 5.82 Å². The molecular formula is C13H16FN3O2S. The molecule has 0 radical (unpaired) electrons. The van der Waals surface area contributed by atoms with Gasteiger partial charge in [-0.2, -0.15) is 0 Å². The van der Waals surface area contributed by atoms with Crippen LogP contribution in [0.5, 0.6) is 0 Å². The molecular weight excluding hydrogens is 281 g/mol. The Kier molecular flexibility index (Phi) is 4.39. The van der Waals surface area contributed by atoms with Gasteiger partial charge in [0.25, 0.3) is 0 Å². The summed E-state index contributed by atoms with van der Waals surface area (Å²) in [6.45, 7) is 1.38. The minimum atomic E-state index is -3.37. The molecule has 0 fully saturated rings. The van der Waals surface area contributed by atoms with Gasteiger partial charge in [0.1, 0.15) is 5.82 Å². The minimum Gasteiger partial charge on any atom is -0.383 e. The molecule has 5 nitrogen and oxygen atoms in total. The summed E-state index contributed by atoms with van der Waals surface area (Å²) < 4.78 is 38.3. The molecule has 1 aromatic heterocycles. The quantitative estimate of drug-likeness (QED) is 0.828. The van der Waals surface area contributed by atoms with Crippen molar-refractivity contribution >= 4 is 15.5 Å². The molecule has 0 spiro atoms. The van der Waals surface area contributed by atoms with Gasteiger partial charge < -0.3 is 9.88 Å². The molecule has 0 saturated carbocycles. The summed E-state index contributed by atoms with van der Waals surface area (Å²) in [4.78, 5) is 3.92. The minimum absolute atomic E-state index is 0.0148. The maximum absolute atomic E-state index is 13.7. The van der Waals surface area contributed by atoms with Crippen LogP contribution in [-0.4, -0.2) is 30.8 Å². The first-order chi connectivity index (χ1) is 9.47. The largest absolute Gasteiger partial charge is 0.383 e. The van der Waals surface area contributed by atoms with Crippen LogP contribution in [0.4, 0.5) is 10.1 Å². The zero-order valence-corrected chi connectivity index (χ0v) is 11.9. The highest BCUT2D eigenvalue weighted by Gasteiger charge is 2.10. The summed E-state index contributed by atoms with van der Waals surface area (Å²) >= 11 is 0. The van der Waals surface area contributed by atoms with Crippen molar-refractivity contribution in [3.05, 3.63) is 42.7 Å². The van der Waals surface area contributed by atoms with Crippen molar-refractivity contribution in [2.75, 3.05) is 18.1 Å². The second kappa shape index (κ2) is 6.04. The molecule has 20 heavy (non-hydrogen) atoms. The van der Waals surface area contributed by atoms with E-state index in [2.05, 4.69) is 10.3 Å². The number of benzene rings is 1. The Bertz CT molecular complexity index is 669. The molecule has 0 aliphatic heterocycles. The van der Waals surface area contributed by atoms with E-state index in [1.807, 2.05) is 10.8 Å². The van der Waals surface area contributed by atoms with Crippen LogP contribution in [-0.2, 0) is 16.4 Å². The number of aromatic nitrogens is 2. The van der Waals surface area contributed by atoms with Crippen LogP contribution in [0.1, 0.15) is 6.42 Å². The number of hydrogen-bond acceptors (Lipinski definition) is 4. The lowest BCUT2D eigenvalue weighted by atomic mass is 10.3. The second-order valence-corrected chi connectivity index (χ2v) is 6.51. The van der Waals surface area contributed by atoms with Gasteiger partial charge in [-0.25, -0.2) is 17.8 Å². The molecule has 0 aliphatic carbocycles. The predicted molar refractivity (Wildman–Crippen MR) is 74.8 cm³/mol. The summed E-state index contributed by atoms with van der Waals surface area (Å²) in [6, 6.07) is 3.88. The third kappa shape index (κ3) is 3.80. The highest BCUT2D eigenvalue weighted by molar-refractivity contribution is 7.90. The molecule has 0 bridgehead atoms. The molecule has 2 rings (SSSR count). The number of imidazole rings is 1. The summed E-state index contributed by atoms with van der Waals surface area (Å²) in [5, 5.41) is 2.95. The van der Waals surface area contributed by atoms with Crippen molar-refractivity contribution in [3.8, 4) is 0 Å². The number of nitrogens with zero attached hydrogens (tertiary/aromatic N) is 2. The fourth-order valence-electron chi connectivity index (χ4n) is 1.77. The SMILES string of the molecule is CS(=O)(=O)c1ccc(NCCCn2ccnc2)c(F)c1. The van der Waals surface area contributed by atoms with Gasteiger partial charge >= 0.3 is 0 Å². The maximum atomic E-state index is 13.7. The molecule has 108 valence electrons. The first-order valence-corrected chi connectivity index (χ1v) is 8.05. The van der Waals surface area contributed by atoms with Gasteiger partial charge in [0, 0.05) is 31.7 Å². The molecule has 0 unspecified atom stereocenters. The van der Waals surface area contributed by atoms with Crippen molar-refractivity contribution in [2.24, 2.45) is 0 Å². The van der Waals surface area contributed by atoms with E-state index >= 15 is 0 Å². The number of anilines is 1. The zero-order valence-electron chi connectivity index (χ0n) is 11.1. The van der Waals surface area contributed by atoms with Crippen molar-refractivity contribution < 1.29 is 12.8 Å². The van der Waals surface area contributed by atoms with Crippen molar-refractivity contribution in [3.63, 3.8) is 0 Å². The lowest BCUT2D eigenvalue weighted by Crippen LogP contribution is -2.07. The summed E-state index contributed by atoms with van der Waals surface area (Å²) in [5.41, 5.74) is 0.308. The Hall–Kier alpha value is -1.89. The van der Waals surface area contributed by atoms with Gasteiger partial charge in [0.05, 0.1) is 16.9 Å². The van der Waals surface area contributed by atoms with Crippen LogP contribution in [0.25, 0.3) is 0 Å². The van der Waals surface area contributed by atoms with Crippen molar-refractivity contribution in [1.82, 2.24) is 9.55 Å². The molecule has 0 atom stereocenters. The highest BCUT2D eigenvalue weighted by Crippen LogP contribution is 2.18. The van der Waals surface area contributed by atoms with Crippen LogP contribution in [0.15, 0.2) is 41.8 Å². The molecule has 0 aliphatic rings. The Morgan fingerprint density at radius 2 is 2.20 bits per heavy atom. The zero-order chi connectivity index (χ0) is 14.6. The maximum Gasteiger partial charge on any atom is 0.175 e. The van der Waals surface area contributed by atoms with Gasteiger partial charge in [-0.15, -0.1) is 0 Å². The average Bonchev–Trinajstić information content (AvgIpc) is 2.88. The molecule has 0 amide bonds. The standard InChI is InChI=1S/C13H16FN3O2S/c1-20(18,19)11-3-4-13(12(14)9-11)16-5-2-7-17-8-6-15-10-17/h3-4,6,8-10,16H,2,5,7H2,1H3. The van der Waals surface area contributed by atoms with Gasteiger partial charge in [0.15, 0.2) is 9.84 Å². The highest BCUT2D eigenvalue weighted by atomic mass is 32.2. The molecule has 1 heterocycles. The van der Waals surface area contributed by atoms with Gasteiger partial charge in [-0.3, -0.25) is 0 Å². The summed E-state index contributed by atoms with van der Waals surface area (Å²) in [7, 11) is -3.37. The monoisotopic (exact) mass is 297 g/mol. The fourth-order valence-corrected chi connectivity index (χ4v) is 2.41. The predicted octanol–water partition coefficient (Wildman–Crippen LogP) is 1.93. The summed E-state index contributed by atoms with van der Waals surface area (Å²) in [5.74, 6) is -0.560. The first-order valence-electron chi connectivity index (χ1n) is 6.16. The number of nitrogens with one attached hydrogen (secondary N) is 1. The first kappa shape index (κ1) is 14.5. The van der Waals surface area contributed by atoms with Crippen molar-refractivity contribution in [1.29, 1.82) is 0 Å². The van der Waals surface area contributed by atoms with E-state index in [-0.39, 0.29) is 4.90 Å².